The molecule has 0 bridgehead atoms. The van der Waals surface area contributed by atoms with E-state index < -0.39 is 0 Å². The zero-order valence-electron chi connectivity index (χ0n) is 10.9. The average Bonchev–Trinajstić information content (AvgIpc) is 2.21. The lowest BCUT2D eigenvalue weighted by Gasteiger charge is -2.40. The summed E-state index contributed by atoms with van der Waals surface area (Å²) in [5.74, 6) is 0. The molecule has 2 N–H and O–H groups in total. The van der Waals surface area contributed by atoms with Crippen molar-refractivity contribution in [2.24, 2.45) is 5.41 Å². The summed E-state index contributed by atoms with van der Waals surface area (Å²) in [5.41, 5.74) is 0.456. The van der Waals surface area contributed by atoms with Crippen molar-refractivity contribution in [1.29, 1.82) is 0 Å². The van der Waals surface area contributed by atoms with Gasteiger partial charge in [-0.15, -0.1) is 0 Å². The SMILES string of the molecule is CCC(CC)NCC1NCCCC1(C)C. The molecule has 1 fully saturated rings. The van der Waals surface area contributed by atoms with E-state index in [9.17, 15) is 0 Å². The Labute approximate surface area is 95.2 Å². The quantitative estimate of drug-likeness (QED) is 0.732. The second-order valence-corrected chi connectivity index (χ2v) is 5.52. The lowest BCUT2D eigenvalue weighted by atomic mass is 9.77. The molecule has 15 heavy (non-hydrogen) atoms. The van der Waals surface area contributed by atoms with Gasteiger partial charge in [-0.2, -0.15) is 0 Å². The molecule has 0 aliphatic carbocycles. The summed E-state index contributed by atoms with van der Waals surface area (Å²) in [4.78, 5) is 0. The van der Waals surface area contributed by atoms with Crippen LogP contribution in [0.5, 0.6) is 0 Å². The van der Waals surface area contributed by atoms with E-state index in [1.165, 1.54) is 32.2 Å². The van der Waals surface area contributed by atoms with Crippen molar-refractivity contribution in [2.45, 2.75) is 65.5 Å². The number of hydrogen-bond acceptors (Lipinski definition) is 2. The molecule has 2 nitrogen and oxygen atoms in total. The van der Waals surface area contributed by atoms with Gasteiger partial charge in [0.05, 0.1) is 0 Å². The van der Waals surface area contributed by atoms with Crippen molar-refractivity contribution in [3.63, 3.8) is 0 Å². The molecule has 90 valence electrons. The topological polar surface area (TPSA) is 24.1 Å². The lowest BCUT2D eigenvalue weighted by molar-refractivity contribution is 0.172. The zero-order chi connectivity index (χ0) is 11.3. The molecular formula is C13H28N2. The third-order valence-electron chi connectivity index (χ3n) is 3.93. The number of hydrogen-bond donors (Lipinski definition) is 2. The minimum absolute atomic E-state index is 0.456. The van der Waals surface area contributed by atoms with Crippen LogP contribution in [0, 0.1) is 5.41 Å². The normalized spacial score (nSPS) is 25.8. The maximum atomic E-state index is 3.68. The van der Waals surface area contributed by atoms with Gasteiger partial charge >= 0.3 is 0 Å². The van der Waals surface area contributed by atoms with Crippen molar-refractivity contribution in [3.05, 3.63) is 0 Å². The van der Waals surface area contributed by atoms with Gasteiger partial charge in [-0.25, -0.2) is 0 Å². The van der Waals surface area contributed by atoms with E-state index >= 15 is 0 Å². The predicted molar refractivity (Wildman–Crippen MR) is 67.2 cm³/mol. The molecule has 0 aromatic carbocycles. The van der Waals surface area contributed by atoms with Crippen molar-refractivity contribution in [1.82, 2.24) is 10.6 Å². The van der Waals surface area contributed by atoms with E-state index in [2.05, 4.69) is 38.3 Å². The zero-order valence-corrected chi connectivity index (χ0v) is 10.9. The minimum Gasteiger partial charge on any atom is -0.312 e. The highest BCUT2D eigenvalue weighted by molar-refractivity contribution is 4.90. The number of rotatable bonds is 5. The first-order chi connectivity index (χ1) is 7.10. The maximum absolute atomic E-state index is 3.68. The summed E-state index contributed by atoms with van der Waals surface area (Å²) < 4.78 is 0. The predicted octanol–water partition coefficient (Wildman–Crippen LogP) is 2.54. The molecule has 0 amide bonds. The van der Waals surface area contributed by atoms with Crippen LogP contribution in [0.3, 0.4) is 0 Å². The molecule has 1 aliphatic rings. The molecule has 0 spiro atoms. The van der Waals surface area contributed by atoms with Crippen LogP contribution in [0.2, 0.25) is 0 Å². The van der Waals surface area contributed by atoms with Gasteiger partial charge in [-0.05, 0) is 37.6 Å². The van der Waals surface area contributed by atoms with E-state index in [0.717, 1.165) is 6.54 Å². The van der Waals surface area contributed by atoms with Gasteiger partial charge in [0.25, 0.3) is 0 Å². The van der Waals surface area contributed by atoms with Gasteiger partial charge in [0.2, 0.25) is 0 Å². The minimum atomic E-state index is 0.456. The molecular weight excluding hydrogens is 184 g/mol. The van der Waals surface area contributed by atoms with Crippen LogP contribution in [0.1, 0.15) is 53.4 Å². The van der Waals surface area contributed by atoms with Gasteiger partial charge in [0, 0.05) is 18.6 Å². The fraction of sp³-hybridized carbons (Fsp3) is 1.00. The summed E-state index contributed by atoms with van der Waals surface area (Å²) in [6.07, 6.45) is 5.16. The fourth-order valence-electron chi connectivity index (χ4n) is 2.48. The lowest BCUT2D eigenvalue weighted by Crippen LogP contribution is -2.53. The highest BCUT2D eigenvalue weighted by atomic mass is 15.0. The molecule has 0 aromatic rings. The van der Waals surface area contributed by atoms with E-state index in [4.69, 9.17) is 0 Å². The number of nitrogens with one attached hydrogen (secondary N) is 2. The van der Waals surface area contributed by atoms with Crippen molar-refractivity contribution < 1.29 is 0 Å². The van der Waals surface area contributed by atoms with Crippen LogP contribution in [-0.2, 0) is 0 Å². The molecule has 1 rings (SSSR count). The van der Waals surface area contributed by atoms with E-state index in [-0.39, 0.29) is 0 Å². The monoisotopic (exact) mass is 212 g/mol. The molecule has 1 heterocycles. The van der Waals surface area contributed by atoms with Gasteiger partial charge in [-0.1, -0.05) is 27.7 Å². The van der Waals surface area contributed by atoms with Gasteiger partial charge < -0.3 is 10.6 Å². The van der Waals surface area contributed by atoms with Gasteiger partial charge in [-0.3, -0.25) is 0 Å². The Morgan fingerprint density at radius 1 is 1.33 bits per heavy atom. The van der Waals surface area contributed by atoms with Crippen LogP contribution in [0.25, 0.3) is 0 Å². The average molecular weight is 212 g/mol. The Hall–Kier alpha value is -0.0800. The van der Waals surface area contributed by atoms with Crippen LogP contribution in [-0.4, -0.2) is 25.2 Å². The second kappa shape index (κ2) is 5.86. The molecule has 2 heteroatoms. The third kappa shape index (κ3) is 3.76. The summed E-state index contributed by atoms with van der Waals surface area (Å²) >= 11 is 0. The van der Waals surface area contributed by atoms with E-state index in [1.54, 1.807) is 0 Å². The molecule has 0 radical (unpaired) electrons. The Bertz CT molecular complexity index is 173. The standard InChI is InChI=1S/C13H28N2/c1-5-11(6-2)15-10-12-13(3,4)8-7-9-14-12/h11-12,14-15H,5-10H2,1-4H3. The third-order valence-corrected chi connectivity index (χ3v) is 3.93. The summed E-state index contributed by atoms with van der Waals surface area (Å²) in [5, 5.41) is 7.33. The first-order valence-corrected chi connectivity index (χ1v) is 6.57. The van der Waals surface area contributed by atoms with E-state index in [0.29, 0.717) is 17.5 Å². The first kappa shape index (κ1) is 13.0. The van der Waals surface area contributed by atoms with E-state index in [1.807, 2.05) is 0 Å². The summed E-state index contributed by atoms with van der Waals surface area (Å²) in [7, 11) is 0. The maximum Gasteiger partial charge on any atom is 0.0243 e. The summed E-state index contributed by atoms with van der Waals surface area (Å²) in [6, 6.07) is 1.34. The largest absolute Gasteiger partial charge is 0.312 e. The van der Waals surface area contributed by atoms with Crippen molar-refractivity contribution in [3.8, 4) is 0 Å². The summed E-state index contributed by atoms with van der Waals surface area (Å²) in [6.45, 7) is 11.6. The van der Waals surface area contributed by atoms with Crippen LogP contribution >= 0.6 is 0 Å². The first-order valence-electron chi connectivity index (χ1n) is 6.57. The van der Waals surface area contributed by atoms with Crippen LogP contribution < -0.4 is 10.6 Å². The molecule has 1 atom stereocenters. The van der Waals surface area contributed by atoms with Crippen molar-refractivity contribution in [2.75, 3.05) is 13.1 Å². The Kier molecular flexibility index (Phi) is 5.07. The van der Waals surface area contributed by atoms with Crippen LogP contribution in [0.15, 0.2) is 0 Å². The molecule has 1 saturated heterocycles. The Morgan fingerprint density at radius 2 is 2.00 bits per heavy atom. The van der Waals surface area contributed by atoms with Crippen LogP contribution in [0.4, 0.5) is 0 Å². The fourth-order valence-corrected chi connectivity index (χ4v) is 2.48. The Balaban J connectivity index is 2.35. The molecule has 1 unspecified atom stereocenters. The van der Waals surface area contributed by atoms with Crippen molar-refractivity contribution >= 4 is 0 Å². The smallest absolute Gasteiger partial charge is 0.0243 e. The van der Waals surface area contributed by atoms with Gasteiger partial charge in [0.15, 0.2) is 0 Å². The van der Waals surface area contributed by atoms with Gasteiger partial charge in [0.1, 0.15) is 0 Å². The second-order valence-electron chi connectivity index (χ2n) is 5.52. The highest BCUT2D eigenvalue weighted by Crippen LogP contribution is 2.29. The number of piperidine rings is 1. The molecule has 0 saturated carbocycles. The molecule has 0 aromatic heterocycles. The Morgan fingerprint density at radius 3 is 2.53 bits per heavy atom. The highest BCUT2D eigenvalue weighted by Gasteiger charge is 2.31. The molecule has 1 aliphatic heterocycles.